The van der Waals surface area contributed by atoms with E-state index in [1.807, 2.05) is 0 Å². The Morgan fingerprint density at radius 1 is 1.23 bits per heavy atom. The van der Waals surface area contributed by atoms with Gasteiger partial charge in [0, 0.05) is 6.07 Å². The fourth-order valence-electron chi connectivity index (χ4n) is 4.05. The SMILES string of the molecule is Cc1c(C(=O)O)sc2ncnc(Nc3ccc(F)cc3OC3CCCC3NC(=O)OC(C)(C)C)c12. The molecule has 1 saturated carbocycles. The van der Waals surface area contributed by atoms with Gasteiger partial charge in [0.1, 0.15) is 45.1 Å². The Morgan fingerprint density at radius 3 is 2.71 bits per heavy atom. The molecule has 4 rings (SSSR count). The van der Waals surface area contributed by atoms with Crippen LogP contribution in [0.4, 0.5) is 20.7 Å². The first-order valence-electron chi connectivity index (χ1n) is 11.2. The first-order valence-corrected chi connectivity index (χ1v) is 12.0. The van der Waals surface area contributed by atoms with Crippen LogP contribution < -0.4 is 15.4 Å². The number of carbonyl (C=O) groups excluding carboxylic acids is 1. The minimum Gasteiger partial charge on any atom is -0.486 e. The largest absolute Gasteiger partial charge is 0.486 e. The molecule has 0 radical (unpaired) electrons. The van der Waals surface area contributed by atoms with Crippen molar-refractivity contribution >= 4 is 45.1 Å². The zero-order chi connectivity index (χ0) is 25.3. The van der Waals surface area contributed by atoms with Gasteiger partial charge in [-0.25, -0.2) is 23.9 Å². The van der Waals surface area contributed by atoms with Crippen molar-refractivity contribution in [1.29, 1.82) is 0 Å². The summed E-state index contributed by atoms with van der Waals surface area (Å²) in [4.78, 5) is 33.0. The molecular formula is C24H27FN4O5S. The van der Waals surface area contributed by atoms with Gasteiger partial charge in [0.25, 0.3) is 0 Å². The number of nitrogens with zero attached hydrogens (tertiary/aromatic N) is 2. The van der Waals surface area contributed by atoms with E-state index < -0.39 is 23.5 Å². The van der Waals surface area contributed by atoms with Crippen LogP contribution in [0.3, 0.4) is 0 Å². The molecule has 3 N–H and O–H groups in total. The second-order valence-electron chi connectivity index (χ2n) is 9.37. The number of carboxylic acids is 1. The number of amides is 1. The third kappa shape index (κ3) is 5.61. The first-order chi connectivity index (χ1) is 16.5. The van der Waals surface area contributed by atoms with Crippen LogP contribution >= 0.6 is 11.3 Å². The van der Waals surface area contributed by atoms with Crippen LogP contribution in [0.25, 0.3) is 10.2 Å². The average molecular weight is 503 g/mol. The second kappa shape index (κ2) is 9.65. The maximum Gasteiger partial charge on any atom is 0.408 e. The lowest BCUT2D eigenvalue weighted by atomic mass is 10.2. The van der Waals surface area contributed by atoms with Gasteiger partial charge in [-0.2, -0.15) is 0 Å². The number of aromatic carboxylic acids is 1. The predicted octanol–water partition coefficient (Wildman–Crippen LogP) is 5.41. The summed E-state index contributed by atoms with van der Waals surface area (Å²) in [5.74, 6) is -0.867. The van der Waals surface area contributed by atoms with Crippen LogP contribution in [-0.4, -0.2) is 44.9 Å². The van der Waals surface area contributed by atoms with Crippen molar-refractivity contribution < 1.29 is 28.6 Å². The zero-order valence-corrected chi connectivity index (χ0v) is 20.7. The number of carbonyl (C=O) groups is 2. The summed E-state index contributed by atoms with van der Waals surface area (Å²) < 4.78 is 25.7. The van der Waals surface area contributed by atoms with Crippen molar-refractivity contribution in [1.82, 2.24) is 15.3 Å². The molecule has 2 atom stereocenters. The van der Waals surface area contributed by atoms with Gasteiger partial charge in [-0.3, -0.25) is 0 Å². The molecule has 9 nitrogen and oxygen atoms in total. The number of halogens is 1. The Bertz CT molecular complexity index is 1270. The highest BCUT2D eigenvalue weighted by Crippen LogP contribution is 2.37. The summed E-state index contributed by atoms with van der Waals surface area (Å²) in [5.41, 5.74) is 0.376. The Hall–Kier alpha value is -3.47. The predicted molar refractivity (Wildman–Crippen MR) is 130 cm³/mol. The number of hydrogen-bond donors (Lipinski definition) is 3. The summed E-state index contributed by atoms with van der Waals surface area (Å²) >= 11 is 1.07. The minimum atomic E-state index is -1.04. The van der Waals surface area contributed by atoms with Gasteiger partial charge in [0.15, 0.2) is 0 Å². The molecule has 1 amide bonds. The zero-order valence-electron chi connectivity index (χ0n) is 19.8. The van der Waals surface area contributed by atoms with Crippen LogP contribution in [-0.2, 0) is 4.74 Å². The Morgan fingerprint density at radius 2 is 2.00 bits per heavy atom. The van der Waals surface area contributed by atoms with E-state index in [9.17, 15) is 19.1 Å². The number of ether oxygens (including phenoxy) is 2. The molecule has 186 valence electrons. The number of alkyl carbamates (subject to hydrolysis) is 1. The van der Waals surface area contributed by atoms with E-state index in [2.05, 4.69) is 20.6 Å². The maximum atomic E-state index is 14.2. The fourth-order valence-corrected chi connectivity index (χ4v) is 5.04. The molecule has 0 aliphatic heterocycles. The monoisotopic (exact) mass is 502 g/mol. The normalized spacial score (nSPS) is 17.9. The van der Waals surface area contributed by atoms with Crippen molar-refractivity contribution in [2.75, 3.05) is 5.32 Å². The summed E-state index contributed by atoms with van der Waals surface area (Å²) in [7, 11) is 0. The first kappa shape index (κ1) is 24.6. The van der Waals surface area contributed by atoms with Crippen molar-refractivity contribution in [3.8, 4) is 5.75 Å². The maximum absolute atomic E-state index is 14.2. The lowest BCUT2D eigenvalue weighted by Crippen LogP contribution is -2.44. The van der Waals surface area contributed by atoms with Gasteiger partial charge in [-0.1, -0.05) is 0 Å². The minimum absolute atomic E-state index is 0.182. The molecule has 1 aromatic carbocycles. The second-order valence-corrected chi connectivity index (χ2v) is 10.4. The third-order valence-corrected chi connectivity index (χ3v) is 6.74. The highest BCUT2D eigenvalue weighted by Gasteiger charge is 2.32. The fraction of sp³-hybridized carbons (Fsp3) is 0.417. The molecule has 35 heavy (non-hydrogen) atoms. The van der Waals surface area contributed by atoms with Crippen LogP contribution in [0, 0.1) is 12.7 Å². The van der Waals surface area contributed by atoms with Gasteiger partial charge < -0.3 is 25.2 Å². The molecule has 1 fully saturated rings. The molecule has 0 saturated heterocycles. The van der Waals surface area contributed by atoms with E-state index in [1.54, 1.807) is 27.7 Å². The van der Waals surface area contributed by atoms with Gasteiger partial charge in [0.2, 0.25) is 0 Å². The molecular weight excluding hydrogens is 475 g/mol. The average Bonchev–Trinajstić information content (AvgIpc) is 3.33. The molecule has 2 heterocycles. The molecule has 2 unspecified atom stereocenters. The number of thiophene rings is 1. The Kier molecular flexibility index (Phi) is 6.79. The van der Waals surface area contributed by atoms with Crippen molar-refractivity contribution in [2.24, 2.45) is 0 Å². The summed E-state index contributed by atoms with van der Waals surface area (Å²) in [6.07, 6.45) is 2.66. The van der Waals surface area contributed by atoms with E-state index in [-0.39, 0.29) is 22.8 Å². The number of benzene rings is 1. The molecule has 0 spiro atoms. The number of fused-ring (bicyclic) bond motifs is 1. The number of aryl methyl sites for hydroxylation is 1. The molecule has 1 aliphatic carbocycles. The van der Waals surface area contributed by atoms with Gasteiger partial charge >= 0.3 is 12.1 Å². The summed E-state index contributed by atoms with van der Waals surface area (Å²) in [6, 6.07) is 3.81. The van der Waals surface area contributed by atoms with E-state index in [0.717, 1.165) is 17.8 Å². The smallest absolute Gasteiger partial charge is 0.408 e. The van der Waals surface area contributed by atoms with Gasteiger partial charge in [-0.15, -0.1) is 11.3 Å². The molecule has 2 aromatic heterocycles. The highest BCUT2D eigenvalue weighted by atomic mass is 32.1. The number of nitrogens with one attached hydrogen (secondary N) is 2. The highest BCUT2D eigenvalue weighted by molar-refractivity contribution is 7.20. The van der Waals surface area contributed by atoms with E-state index in [4.69, 9.17) is 9.47 Å². The van der Waals surface area contributed by atoms with Gasteiger partial charge in [0.05, 0.1) is 17.1 Å². The molecule has 3 aromatic rings. The number of aromatic nitrogens is 2. The van der Waals surface area contributed by atoms with Crippen LogP contribution in [0.1, 0.15) is 55.3 Å². The van der Waals surface area contributed by atoms with Crippen LogP contribution in [0.5, 0.6) is 5.75 Å². The Labute approximate surface area is 205 Å². The Balaban J connectivity index is 1.59. The van der Waals surface area contributed by atoms with Gasteiger partial charge in [-0.05, 0) is 64.7 Å². The van der Waals surface area contributed by atoms with Crippen LogP contribution in [0.2, 0.25) is 0 Å². The topological polar surface area (TPSA) is 123 Å². The molecule has 11 heteroatoms. The lowest BCUT2D eigenvalue weighted by molar-refractivity contribution is 0.0464. The molecule has 0 bridgehead atoms. The summed E-state index contributed by atoms with van der Waals surface area (Å²) in [5, 5.41) is 16.1. The standard InChI is InChI=1S/C24H27FN4O5S/c1-12-18-20(26-11-27-21(18)35-19(12)22(30)31)28-15-9-8-13(25)10-17(15)33-16-7-5-6-14(16)29-23(32)34-24(2,3)4/h8-11,14,16H,5-7H2,1-4H3,(H,29,32)(H,30,31)(H,26,27,28). The van der Waals surface area contributed by atoms with E-state index >= 15 is 0 Å². The number of anilines is 2. The number of rotatable bonds is 6. The van der Waals surface area contributed by atoms with Crippen molar-refractivity contribution in [2.45, 2.75) is 64.7 Å². The quantitative estimate of drug-likeness (QED) is 0.409. The van der Waals surface area contributed by atoms with E-state index in [0.29, 0.717) is 40.1 Å². The van der Waals surface area contributed by atoms with Crippen molar-refractivity contribution in [3.63, 3.8) is 0 Å². The molecule has 1 aliphatic rings. The lowest BCUT2D eigenvalue weighted by Gasteiger charge is -2.26. The van der Waals surface area contributed by atoms with E-state index in [1.165, 1.54) is 24.5 Å². The number of carboxylic acid groups (broad SMARTS) is 1. The van der Waals surface area contributed by atoms with Crippen molar-refractivity contribution in [3.05, 3.63) is 40.8 Å². The number of hydrogen-bond acceptors (Lipinski definition) is 8. The van der Waals surface area contributed by atoms with Crippen LogP contribution in [0.15, 0.2) is 24.5 Å². The third-order valence-electron chi connectivity index (χ3n) is 5.55. The summed E-state index contributed by atoms with van der Waals surface area (Å²) in [6.45, 7) is 7.07.